The number of benzene rings is 2. The van der Waals surface area contributed by atoms with Crippen LogP contribution in [0, 0.1) is 0 Å². The smallest absolute Gasteiger partial charge is 0.322 e. The number of rotatable bonds is 11. The number of carbonyl (C=O) groups excluding carboxylic acids is 1. The van der Waals surface area contributed by atoms with E-state index in [4.69, 9.17) is 4.42 Å². The molecule has 0 aliphatic carbocycles. The van der Waals surface area contributed by atoms with E-state index in [9.17, 15) is 13.2 Å². The Kier molecular flexibility index (Phi) is 8.87. The lowest BCUT2D eigenvalue weighted by Crippen LogP contribution is -2.32. The highest BCUT2D eigenvalue weighted by Crippen LogP contribution is 2.28. The standard InChI is InChI=1S/C24H30N4O4S2/c1-5-14-28(15-6-2)34(30,31)21-12-10-18(11-13-21)22(29)25-24-27-26-23(32-24)19-8-7-9-20(16-19)33-17(3)4/h7-13,16-17H,5-6,14-15H2,1-4H3,(H,25,27,29). The summed E-state index contributed by atoms with van der Waals surface area (Å²) in [6.07, 6.45) is 1.46. The molecule has 0 fully saturated rings. The van der Waals surface area contributed by atoms with Crippen LogP contribution >= 0.6 is 11.8 Å². The first-order valence-electron chi connectivity index (χ1n) is 11.3. The van der Waals surface area contributed by atoms with E-state index in [-0.39, 0.29) is 16.5 Å². The van der Waals surface area contributed by atoms with E-state index in [2.05, 4.69) is 29.4 Å². The van der Waals surface area contributed by atoms with Crippen LogP contribution in [0.25, 0.3) is 11.5 Å². The fourth-order valence-electron chi connectivity index (χ4n) is 3.31. The Bertz CT molecular complexity index is 1200. The number of sulfonamides is 1. The molecule has 3 aromatic rings. The Morgan fingerprint density at radius 2 is 1.74 bits per heavy atom. The lowest BCUT2D eigenvalue weighted by atomic mass is 10.2. The normalized spacial score (nSPS) is 11.8. The van der Waals surface area contributed by atoms with Crippen molar-refractivity contribution in [1.82, 2.24) is 14.5 Å². The maximum atomic E-state index is 12.9. The Balaban J connectivity index is 1.71. The highest BCUT2D eigenvalue weighted by atomic mass is 32.2. The molecule has 182 valence electrons. The lowest BCUT2D eigenvalue weighted by Gasteiger charge is -2.21. The summed E-state index contributed by atoms with van der Waals surface area (Å²) in [6, 6.07) is 13.6. The van der Waals surface area contributed by atoms with Gasteiger partial charge in [0.15, 0.2) is 0 Å². The van der Waals surface area contributed by atoms with Gasteiger partial charge in [-0.25, -0.2) is 8.42 Å². The molecule has 8 nitrogen and oxygen atoms in total. The minimum Gasteiger partial charge on any atom is -0.403 e. The molecule has 0 aliphatic heterocycles. The molecule has 0 atom stereocenters. The molecule has 0 spiro atoms. The van der Waals surface area contributed by atoms with E-state index >= 15 is 0 Å². The summed E-state index contributed by atoms with van der Waals surface area (Å²) in [4.78, 5) is 13.9. The van der Waals surface area contributed by atoms with E-state index in [0.29, 0.717) is 24.2 Å². The first-order chi connectivity index (χ1) is 16.2. The molecule has 2 aromatic carbocycles. The molecule has 1 aromatic heterocycles. The van der Waals surface area contributed by atoms with Crippen LogP contribution in [0.5, 0.6) is 0 Å². The van der Waals surface area contributed by atoms with Crippen molar-refractivity contribution in [3.05, 3.63) is 54.1 Å². The van der Waals surface area contributed by atoms with E-state index in [1.165, 1.54) is 28.6 Å². The zero-order chi connectivity index (χ0) is 24.7. The summed E-state index contributed by atoms with van der Waals surface area (Å²) in [6.45, 7) is 9.03. The molecule has 0 bridgehead atoms. The van der Waals surface area contributed by atoms with Crippen LogP contribution in [0.3, 0.4) is 0 Å². The second-order valence-corrected chi connectivity index (χ2v) is 11.6. The fraction of sp³-hybridized carbons (Fsp3) is 0.375. The Hall–Kier alpha value is -2.69. The average Bonchev–Trinajstić information content (AvgIpc) is 3.27. The molecule has 34 heavy (non-hydrogen) atoms. The van der Waals surface area contributed by atoms with Crippen molar-refractivity contribution < 1.29 is 17.6 Å². The van der Waals surface area contributed by atoms with Crippen molar-refractivity contribution >= 4 is 33.7 Å². The number of nitrogens with one attached hydrogen (secondary N) is 1. The number of carbonyl (C=O) groups is 1. The number of hydrogen-bond acceptors (Lipinski definition) is 7. The zero-order valence-corrected chi connectivity index (χ0v) is 21.4. The van der Waals surface area contributed by atoms with Crippen LogP contribution in [-0.4, -0.2) is 47.2 Å². The van der Waals surface area contributed by atoms with Crippen molar-refractivity contribution in [3.8, 4) is 11.5 Å². The fourth-order valence-corrected chi connectivity index (χ4v) is 5.83. The second kappa shape index (κ2) is 11.6. The third kappa shape index (κ3) is 6.46. The lowest BCUT2D eigenvalue weighted by molar-refractivity contribution is 0.102. The molecule has 0 unspecified atom stereocenters. The van der Waals surface area contributed by atoms with E-state index < -0.39 is 15.9 Å². The summed E-state index contributed by atoms with van der Waals surface area (Å²) in [5.41, 5.74) is 1.04. The third-order valence-corrected chi connectivity index (χ3v) is 7.71. The third-order valence-electron chi connectivity index (χ3n) is 4.80. The van der Waals surface area contributed by atoms with Crippen LogP contribution in [0.4, 0.5) is 6.01 Å². The Labute approximate surface area is 205 Å². The quantitative estimate of drug-likeness (QED) is 0.355. The van der Waals surface area contributed by atoms with Gasteiger partial charge in [0.25, 0.3) is 5.91 Å². The summed E-state index contributed by atoms with van der Waals surface area (Å²) in [7, 11) is -3.61. The van der Waals surface area contributed by atoms with Gasteiger partial charge in [-0.05, 0) is 55.3 Å². The van der Waals surface area contributed by atoms with Gasteiger partial charge in [0.1, 0.15) is 0 Å². The van der Waals surface area contributed by atoms with Gasteiger partial charge < -0.3 is 4.42 Å². The van der Waals surface area contributed by atoms with E-state index in [1.807, 2.05) is 38.1 Å². The number of nitrogens with zero attached hydrogens (tertiary/aromatic N) is 3. The van der Waals surface area contributed by atoms with Crippen LogP contribution < -0.4 is 5.32 Å². The predicted molar refractivity (Wildman–Crippen MR) is 134 cm³/mol. The Morgan fingerprint density at radius 1 is 1.06 bits per heavy atom. The molecule has 3 rings (SSSR count). The number of thioether (sulfide) groups is 1. The van der Waals surface area contributed by atoms with Gasteiger partial charge in [-0.2, -0.15) is 4.31 Å². The zero-order valence-electron chi connectivity index (χ0n) is 19.8. The number of aromatic nitrogens is 2. The molecular weight excluding hydrogens is 472 g/mol. The number of amides is 1. The summed E-state index contributed by atoms with van der Waals surface area (Å²) >= 11 is 1.73. The summed E-state index contributed by atoms with van der Waals surface area (Å²) < 4.78 is 32.9. The average molecular weight is 503 g/mol. The first kappa shape index (κ1) is 25.9. The van der Waals surface area contributed by atoms with Crippen LogP contribution in [-0.2, 0) is 10.0 Å². The molecule has 1 N–H and O–H groups in total. The van der Waals surface area contributed by atoms with Crippen molar-refractivity contribution in [2.75, 3.05) is 18.4 Å². The highest BCUT2D eigenvalue weighted by molar-refractivity contribution is 7.99. The maximum Gasteiger partial charge on any atom is 0.322 e. The van der Waals surface area contributed by atoms with E-state index in [1.54, 1.807) is 11.8 Å². The molecule has 1 amide bonds. The predicted octanol–water partition coefficient (Wildman–Crippen LogP) is 5.30. The van der Waals surface area contributed by atoms with E-state index in [0.717, 1.165) is 23.3 Å². The summed E-state index contributed by atoms with van der Waals surface area (Å²) in [5, 5.41) is 11.0. The molecule has 0 saturated heterocycles. The van der Waals surface area contributed by atoms with Crippen molar-refractivity contribution in [1.29, 1.82) is 0 Å². The van der Waals surface area contributed by atoms with Gasteiger partial charge in [0.05, 0.1) is 4.90 Å². The molecule has 0 radical (unpaired) electrons. The maximum absolute atomic E-state index is 12.9. The number of anilines is 1. The first-order valence-corrected chi connectivity index (χ1v) is 13.6. The van der Waals surface area contributed by atoms with Crippen molar-refractivity contribution in [2.24, 2.45) is 0 Å². The molecule has 0 aliphatic rings. The minimum atomic E-state index is -3.61. The van der Waals surface area contributed by atoms with Crippen molar-refractivity contribution in [3.63, 3.8) is 0 Å². The van der Waals surface area contributed by atoms with Crippen LogP contribution in [0.15, 0.2) is 62.7 Å². The molecule has 10 heteroatoms. The molecule has 1 heterocycles. The number of hydrogen-bond donors (Lipinski definition) is 1. The minimum absolute atomic E-state index is 0.0318. The molecule has 0 saturated carbocycles. The monoisotopic (exact) mass is 502 g/mol. The van der Waals surface area contributed by atoms with Gasteiger partial charge in [-0.15, -0.1) is 16.9 Å². The van der Waals surface area contributed by atoms with Gasteiger partial charge >= 0.3 is 6.01 Å². The van der Waals surface area contributed by atoms with Gasteiger partial charge in [-0.3, -0.25) is 10.1 Å². The summed E-state index contributed by atoms with van der Waals surface area (Å²) in [5.74, 6) is -0.169. The largest absolute Gasteiger partial charge is 0.403 e. The second-order valence-electron chi connectivity index (χ2n) is 7.99. The van der Waals surface area contributed by atoms with Gasteiger partial charge in [0.2, 0.25) is 15.9 Å². The van der Waals surface area contributed by atoms with Gasteiger partial charge in [0, 0.05) is 34.4 Å². The highest BCUT2D eigenvalue weighted by Gasteiger charge is 2.23. The van der Waals surface area contributed by atoms with Crippen LogP contribution in [0.2, 0.25) is 0 Å². The SMILES string of the molecule is CCCN(CCC)S(=O)(=O)c1ccc(C(=O)Nc2nnc(-c3cccc(SC(C)C)c3)o2)cc1. The van der Waals surface area contributed by atoms with Gasteiger partial charge in [-0.1, -0.05) is 38.9 Å². The molecular formula is C24H30N4O4S2. The van der Waals surface area contributed by atoms with Crippen LogP contribution in [0.1, 0.15) is 50.9 Å². The Morgan fingerprint density at radius 3 is 2.35 bits per heavy atom. The van der Waals surface area contributed by atoms with Crippen molar-refractivity contribution in [2.45, 2.75) is 55.6 Å². The topological polar surface area (TPSA) is 105 Å².